The summed E-state index contributed by atoms with van der Waals surface area (Å²) in [6, 6.07) is 13.4. The van der Waals surface area contributed by atoms with Crippen molar-refractivity contribution >= 4 is 11.6 Å². The first-order valence-corrected chi connectivity index (χ1v) is 8.37. The number of aliphatic hydroxyl groups excluding tert-OH is 1. The van der Waals surface area contributed by atoms with E-state index in [9.17, 15) is 9.90 Å². The number of nitrogens with one attached hydrogen (secondary N) is 1. The summed E-state index contributed by atoms with van der Waals surface area (Å²) in [6.45, 7) is 4.07. The lowest BCUT2D eigenvalue weighted by Gasteiger charge is -2.19. The van der Waals surface area contributed by atoms with E-state index in [1.165, 1.54) is 0 Å². The number of benzene rings is 1. The molecule has 0 aliphatic rings. The summed E-state index contributed by atoms with van der Waals surface area (Å²) >= 11 is 0. The number of aromatic nitrogens is 3. The molecule has 2 heterocycles. The zero-order chi connectivity index (χ0) is 17.8. The summed E-state index contributed by atoms with van der Waals surface area (Å²) in [5.74, 6) is 0.646. The molecule has 2 unspecified atom stereocenters. The average molecular weight is 338 g/mol. The zero-order valence-corrected chi connectivity index (χ0v) is 14.4. The fraction of sp³-hybridized carbons (Fsp3) is 0.316. The summed E-state index contributed by atoms with van der Waals surface area (Å²) in [4.78, 5) is 12.5. The smallest absolute Gasteiger partial charge is 0.252 e. The predicted octanol–water partition coefficient (Wildman–Crippen LogP) is 2.32. The van der Waals surface area contributed by atoms with Crippen molar-refractivity contribution in [3.05, 3.63) is 65.6 Å². The van der Waals surface area contributed by atoms with Crippen molar-refractivity contribution < 1.29 is 9.90 Å². The fourth-order valence-electron chi connectivity index (χ4n) is 2.93. The minimum Gasteiger partial charge on any atom is -0.393 e. The van der Waals surface area contributed by atoms with E-state index in [1.807, 2.05) is 37.3 Å². The fourth-order valence-corrected chi connectivity index (χ4v) is 2.93. The second-order valence-electron chi connectivity index (χ2n) is 6.30. The van der Waals surface area contributed by atoms with E-state index < -0.39 is 6.10 Å². The molecule has 6 heteroatoms. The number of fused-ring (bicyclic) bond motifs is 1. The van der Waals surface area contributed by atoms with Crippen LogP contribution in [0.5, 0.6) is 0 Å². The molecule has 2 N–H and O–H groups in total. The van der Waals surface area contributed by atoms with Crippen LogP contribution in [0.2, 0.25) is 0 Å². The Morgan fingerprint density at radius 2 is 1.96 bits per heavy atom. The molecule has 2 aromatic heterocycles. The molecule has 2 atom stereocenters. The maximum Gasteiger partial charge on any atom is 0.252 e. The molecule has 6 nitrogen and oxygen atoms in total. The summed E-state index contributed by atoms with van der Waals surface area (Å²) < 4.78 is 1.79. The van der Waals surface area contributed by atoms with Crippen molar-refractivity contribution in [2.24, 2.45) is 0 Å². The first-order chi connectivity index (χ1) is 12.0. The molecule has 0 fully saturated rings. The van der Waals surface area contributed by atoms with Gasteiger partial charge in [0.1, 0.15) is 5.82 Å². The Hall–Kier alpha value is -2.73. The third-order valence-electron chi connectivity index (χ3n) is 4.24. The molecule has 0 saturated carbocycles. The molecule has 3 rings (SSSR count). The first-order valence-electron chi connectivity index (χ1n) is 8.37. The van der Waals surface area contributed by atoms with Gasteiger partial charge < -0.3 is 10.4 Å². The molecule has 1 aromatic carbocycles. The van der Waals surface area contributed by atoms with Gasteiger partial charge in [0.2, 0.25) is 0 Å². The molecule has 0 bridgehead atoms. The molecule has 0 spiro atoms. The lowest BCUT2D eigenvalue weighted by molar-refractivity contribution is 0.0945. The van der Waals surface area contributed by atoms with Gasteiger partial charge in [-0.15, -0.1) is 10.2 Å². The van der Waals surface area contributed by atoms with Gasteiger partial charge in [-0.05, 0) is 38.0 Å². The van der Waals surface area contributed by atoms with Crippen LogP contribution in [0.15, 0.2) is 48.7 Å². The minimum absolute atomic E-state index is 0.0607. The van der Waals surface area contributed by atoms with Crippen LogP contribution >= 0.6 is 0 Å². The van der Waals surface area contributed by atoms with Crippen molar-refractivity contribution in [2.75, 3.05) is 6.54 Å². The van der Waals surface area contributed by atoms with Crippen molar-refractivity contribution in [1.82, 2.24) is 19.9 Å². The van der Waals surface area contributed by atoms with Crippen molar-refractivity contribution in [1.29, 1.82) is 0 Å². The first kappa shape index (κ1) is 17.1. The topological polar surface area (TPSA) is 79.5 Å². The van der Waals surface area contributed by atoms with Crippen LogP contribution in [0.4, 0.5) is 0 Å². The second kappa shape index (κ2) is 7.44. The monoisotopic (exact) mass is 338 g/mol. The highest BCUT2D eigenvalue weighted by Crippen LogP contribution is 2.20. The molecule has 0 aliphatic heterocycles. The van der Waals surface area contributed by atoms with E-state index in [0.717, 1.165) is 11.4 Å². The third-order valence-corrected chi connectivity index (χ3v) is 4.24. The molecule has 0 radical (unpaired) electrons. The number of aryl methyl sites for hydroxylation is 1. The lowest BCUT2D eigenvalue weighted by Crippen LogP contribution is -2.30. The Morgan fingerprint density at radius 3 is 2.68 bits per heavy atom. The summed E-state index contributed by atoms with van der Waals surface area (Å²) in [5, 5.41) is 20.8. The van der Waals surface area contributed by atoms with Crippen LogP contribution in [0.1, 0.15) is 41.0 Å². The third kappa shape index (κ3) is 4.03. The van der Waals surface area contributed by atoms with Gasteiger partial charge in [0, 0.05) is 18.7 Å². The average Bonchev–Trinajstić information content (AvgIpc) is 2.99. The highest BCUT2D eigenvalue weighted by Gasteiger charge is 2.16. The maximum atomic E-state index is 12.5. The number of aliphatic hydroxyl groups is 1. The second-order valence-corrected chi connectivity index (χ2v) is 6.30. The van der Waals surface area contributed by atoms with Gasteiger partial charge in [-0.1, -0.05) is 30.3 Å². The molecule has 0 aliphatic carbocycles. The Kier molecular flexibility index (Phi) is 5.09. The van der Waals surface area contributed by atoms with Gasteiger partial charge >= 0.3 is 0 Å². The normalized spacial score (nSPS) is 13.6. The summed E-state index contributed by atoms with van der Waals surface area (Å²) in [6.07, 6.45) is 1.90. The molecule has 1 amide bonds. The lowest BCUT2D eigenvalue weighted by atomic mass is 9.93. The highest BCUT2D eigenvalue weighted by atomic mass is 16.3. The summed E-state index contributed by atoms with van der Waals surface area (Å²) in [7, 11) is 0. The number of carbonyl (C=O) groups excluding carboxylic acids is 1. The van der Waals surface area contributed by atoms with Crippen LogP contribution in [-0.2, 0) is 0 Å². The van der Waals surface area contributed by atoms with E-state index in [0.29, 0.717) is 24.2 Å². The van der Waals surface area contributed by atoms with E-state index >= 15 is 0 Å². The Morgan fingerprint density at radius 1 is 1.20 bits per heavy atom. The Balaban J connectivity index is 1.72. The molecule has 130 valence electrons. The van der Waals surface area contributed by atoms with Crippen LogP contribution in [0, 0.1) is 6.92 Å². The van der Waals surface area contributed by atoms with Crippen molar-refractivity contribution in [3.63, 3.8) is 0 Å². The number of amides is 1. The SMILES string of the molecule is Cc1nnc2ccc(C(=O)NCC(CC(C)O)c3ccccc3)cn12. The van der Waals surface area contributed by atoms with Crippen LogP contribution in [0.25, 0.3) is 5.65 Å². The molecular weight excluding hydrogens is 316 g/mol. The number of rotatable bonds is 6. The van der Waals surface area contributed by atoms with Crippen LogP contribution < -0.4 is 5.32 Å². The van der Waals surface area contributed by atoms with Crippen molar-refractivity contribution in [3.8, 4) is 0 Å². The Bertz CT molecular complexity index is 858. The quantitative estimate of drug-likeness (QED) is 0.723. The predicted molar refractivity (Wildman–Crippen MR) is 95.5 cm³/mol. The molecule has 25 heavy (non-hydrogen) atoms. The van der Waals surface area contributed by atoms with E-state index in [-0.39, 0.29) is 11.8 Å². The van der Waals surface area contributed by atoms with Gasteiger partial charge in [-0.3, -0.25) is 9.20 Å². The standard InChI is InChI=1S/C19H22N4O2/c1-13(24)10-17(15-6-4-3-5-7-15)11-20-19(25)16-8-9-18-22-21-14(2)23(18)12-16/h3-9,12-13,17,24H,10-11H2,1-2H3,(H,20,25). The van der Waals surface area contributed by atoms with E-state index in [4.69, 9.17) is 0 Å². The van der Waals surface area contributed by atoms with Gasteiger partial charge in [-0.25, -0.2) is 0 Å². The molecule has 3 aromatic rings. The van der Waals surface area contributed by atoms with E-state index in [1.54, 1.807) is 29.7 Å². The van der Waals surface area contributed by atoms with Crippen LogP contribution in [0.3, 0.4) is 0 Å². The van der Waals surface area contributed by atoms with Gasteiger partial charge in [0.15, 0.2) is 5.65 Å². The van der Waals surface area contributed by atoms with Gasteiger partial charge in [-0.2, -0.15) is 0 Å². The molecule has 0 saturated heterocycles. The summed E-state index contributed by atoms with van der Waals surface area (Å²) in [5.41, 5.74) is 2.37. The van der Waals surface area contributed by atoms with E-state index in [2.05, 4.69) is 15.5 Å². The van der Waals surface area contributed by atoms with Crippen LogP contribution in [-0.4, -0.2) is 38.3 Å². The largest absolute Gasteiger partial charge is 0.393 e. The molecular formula is C19H22N4O2. The Labute approximate surface area is 146 Å². The van der Waals surface area contributed by atoms with Gasteiger partial charge in [0.05, 0.1) is 11.7 Å². The number of nitrogens with zero attached hydrogens (tertiary/aromatic N) is 3. The van der Waals surface area contributed by atoms with Crippen molar-refractivity contribution in [2.45, 2.75) is 32.3 Å². The minimum atomic E-state index is -0.432. The zero-order valence-electron chi connectivity index (χ0n) is 14.4. The number of hydrogen-bond acceptors (Lipinski definition) is 4. The van der Waals surface area contributed by atoms with Gasteiger partial charge in [0.25, 0.3) is 5.91 Å². The maximum absolute atomic E-state index is 12.5. The highest BCUT2D eigenvalue weighted by molar-refractivity contribution is 5.94. The number of carbonyl (C=O) groups is 1. The number of hydrogen-bond donors (Lipinski definition) is 2. The number of pyridine rings is 1.